The standard InChI is InChI=1S/C28H36N8O4/c1-38-25-22(40-14-2-9-34-12-15-39-16-13-34)5-4-21-24(25)32-28(36-11-8-30-26(21)36)33-27(37)19-3-6-23(31-17-19)35-10-7-20(29)18-35/h3-6,17,20H,2,7-16,18,29H2,1H3,(H,32,33,37)/t20-/m0/s1. The van der Waals surface area contributed by atoms with Crippen LogP contribution in [0.4, 0.5) is 11.5 Å². The van der Waals surface area contributed by atoms with Crippen LogP contribution in [-0.4, -0.2) is 111 Å². The molecule has 12 heteroatoms. The second-order valence-electron chi connectivity index (χ2n) is 10.3. The highest BCUT2D eigenvalue weighted by molar-refractivity contribution is 6.20. The molecule has 2 aromatic rings. The van der Waals surface area contributed by atoms with Crippen LogP contribution in [0.2, 0.25) is 0 Å². The number of carbonyl (C=O) groups is 1. The van der Waals surface area contributed by atoms with E-state index in [0.29, 0.717) is 48.4 Å². The van der Waals surface area contributed by atoms with Crippen molar-refractivity contribution in [2.45, 2.75) is 18.9 Å². The zero-order valence-electron chi connectivity index (χ0n) is 22.8. The highest BCUT2D eigenvalue weighted by atomic mass is 16.5. The van der Waals surface area contributed by atoms with Crippen molar-refractivity contribution in [1.29, 1.82) is 0 Å². The topological polar surface area (TPSA) is 130 Å². The zero-order valence-corrected chi connectivity index (χ0v) is 22.8. The normalized spacial score (nSPS) is 20.5. The first-order chi connectivity index (χ1) is 19.6. The largest absolute Gasteiger partial charge is 0.491 e. The van der Waals surface area contributed by atoms with Crippen molar-refractivity contribution in [2.75, 3.05) is 77.6 Å². The number of morpholine rings is 1. The molecule has 0 spiro atoms. The smallest absolute Gasteiger partial charge is 0.259 e. The van der Waals surface area contributed by atoms with Crippen LogP contribution in [0, 0.1) is 0 Å². The predicted molar refractivity (Wildman–Crippen MR) is 152 cm³/mol. The zero-order chi connectivity index (χ0) is 27.5. The molecule has 5 heterocycles. The Morgan fingerprint density at radius 1 is 1.18 bits per heavy atom. The molecule has 2 fully saturated rings. The summed E-state index contributed by atoms with van der Waals surface area (Å²) in [6.45, 7) is 7.87. The molecule has 0 bridgehead atoms. The van der Waals surface area contributed by atoms with E-state index in [0.717, 1.165) is 76.0 Å². The molecule has 1 atom stereocenters. The third-order valence-electron chi connectivity index (χ3n) is 7.62. The minimum atomic E-state index is -0.292. The minimum absolute atomic E-state index is 0.159. The van der Waals surface area contributed by atoms with Gasteiger partial charge in [0.2, 0.25) is 5.96 Å². The minimum Gasteiger partial charge on any atom is -0.491 e. The lowest BCUT2D eigenvalue weighted by atomic mass is 10.1. The van der Waals surface area contributed by atoms with Gasteiger partial charge in [0.25, 0.3) is 5.91 Å². The van der Waals surface area contributed by atoms with Crippen LogP contribution in [0.15, 0.2) is 40.4 Å². The molecule has 3 N–H and O–H groups in total. The summed E-state index contributed by atoms with van der Waals surface area (Å²) in [6, 6.07) is 7.67. The number of fused-ring (bicyclic) bond motifs is 3. The summed E-state index contributed by atoms with van der Waals surface area (Å²) in [5.41, 5.74) is 7.92. The van der Waals surface area contributed by atoms with E-state index in [1.807, 2.05) is 23.1 Å². The van der Waals surface area contributed by atoms with Crippen LogP contribution in [0.25, 0.3) is 0 Å². The Labute approximate surface area is 233 Å². The molecule has 40 heavy (non-hydrogen) atoms. The third kappa shape index (κ3) is 5.47. The number of guanidine groups is 1. The first-order valence-electron chi connectivity index (χ1n) is 13.9. The Morgan fingerprint density at radius 2 is 2.05 bits per heavy atom. The average molecular weight is 549 g/mol. The van der Waals surface area contributed by atoms with Crippen molar-refractivity contribution in [3.8, 4) is 11.5 Å². The maximum atomic E-state index is 13.2. The van der Waals surface area contributed by atoms with Crippen LogP contribution in [0.1, 0.15) is 28.8 Å². The number of nitrogens with zero attached hydrogens (tertiary/aromatic N) is 6. The Hall–Kier alpha value is -3.74. The number of amidine groups is 1. The highest BCUT2D eigenvalue weighted by Gasteiger charge is 2.33. The number of nitrogens with one attached hydrogen (secondary N) is 1. The fourth-order valence-electron chi connectivity index (χ4n) is 5.47. The number of rotatable bonds is 8. The number of aromatic nitrogens is 1. The maximum Gasteiger partial charge on any atom is 0.259 e. The van der Waals surface area contributed by atoms with Gasteiger partial charge in [-0.3, -0.25) is 24.9 Å². The molecule has 12 nitrogen and oxygen atoms in total. The molecule has 2 saturated heterocycles. The number of carbonyl (C=O) groups excluding carboxylic acids is 1. The van der Waals surface area contributed by atoms with E-state index in [1.54, 1.807) is 19.4 Å². The predicted octanol–water partition coefficient (Wildman–Crippen LogP) is 1.22. The lowest BCUT2D eigenvalue weighted by Gasteiger charge is -2.29. The SMILES string of the molecule is COc1c(OCCCN2CCOCC2)ccc2c1N=C(NC(=O)c1ccc(N3CC[C@H](N)C3)nc1)N1CCN=C21. The monoisotopic (exact) mass is 548 g/mol. The quantitative estimate of drug-likeness (QED) is 0.468. The first-order valence-corrected chi connectivity index (χ1v) is 13.9. The van der Waals surface area contributed by atoms with Gasteiger partial charge in [0.15, 0.2) is 11.5 Å². The summed E-state index contributed by atoms with van der Waals surface area (Å²) in [7, 11) is 1.60. The average Bonchev–Trinajstić information content (AvgIpc) is 3.66. The number of pyridine rings is 1. The van der Waals surface area contributed by atoms with Gasteiger partial charge in [-0.25, -0.2) is 9.98 Å². The van der Waals surface area contributed by atoms with Crippen molar-refractivity contribution in [3.63, 3.8) is 0 Å². The van der Waals surface area contributed by atoms with E-state index in [9.17, 15) is 4.79 Å². The number of hydrogen-bond acceptors (Lipinski definition) is 11. The van der Waals surface area contributed by atoms with Crippen molar-refractivity contribution in [1.82, 2.24) is 20.1 Å². The number of hydrogen-bond donors (Lipinski definition) is 2. The molecule has 0 saturated carbocycles. The van der Waals surface area contributed by atoms with E-state index >= 15 is 0 Å². The van der Waals surface area contributed by atoms with Gasteiger partial charge in [0.05, 0.1) is 39.0 Å². The number of benzene rings is 1. The van der Waals surface area contributed by atoms with E-state index in [1.165, 1.54) is 0 Å². The van der Waals surface area contributed by atoms with Crippen LogP contribution < -0.4 is 25.4 Å². The summed E-state index contributed by atoms with van der Waals surface area (Å²) in [6.07, 6.45) is 3.42. The lowest BCUT2D eigenvalue weighted by Crippen LogP contribution is -2.47. The van der Waals surface area contributed by atoms with Crippen molar-refractivity contribution < 1.29 is 19.0 Å². The molecule has 0 unspecified atom stereocenters. The Kier molecular flexibility index (Phi) is 7.80. The van der Waals surface area contributed by atoms with Gasteiger partial charge in [0, 0.05) is 57.1 Å². The van der Waals surface area contributed by atoms with Gasteiger partial charge < -0.3 is 24.8 Å². The number of methoxy groups -OCH3 is 1. The fourth-order valence-corrected chi connectivity index (χ4v) is 5.47. The van der Waals surface area contributed by atoms with Crippen LogP contribution in [0.3, 0.4) is 0 Å². The van der Waals surface area contributed by atoms with E-state index in [2.05, 4.69) is 20.1 Å². The van der Waals surface area contributed by atoms with Crippen LogP contribution in [0.5, 0.6) is 11.5 Å². The molecule has 212 valence electrons. The van der Waals surface area contributed by atoms with E-state index < -0.39 is 0 Å². The fraction of sp³-hybridized carbons (Fsp3) is 0.500. The molecule has 0 aliphatic carbocycles. The van der Waals surface area contributed by atoms with Crippen LogP contribution >= 0.6 is 0 Å². The lowest BCUT2D eigenvalue weighted by molar-refractivity contribution is 0.0357. The maximum absolute atomic E-state index is 13.2. The van der Waals surface area contributed by atoms with Crippen molar-refractivity contribution >= 4 is 29.2 Å². The molecular formula is C28H36N8O4. The number of nitrogens with two attached hydrogens (primary N) is 1. The van der Waals surface area contributed by atoms with E-state index in [-0.39, 0.29) is 11.9 Å². The Balaban J connectivity index is 1.17. The summed E-state index contributed by atoms with van der Waals surface area (Å²) in [4.78, 5) is 33.7. The second kappa shape index (κ2) is 11.8. The summed E-state index contributed by atoms with van der Waals surface area (Å²) >= 11 is 0. The van der Waals surface area contributed by atoms with Crippen LogP contribution in [-0.2, 0) is 4.74 Å². The van der Waals surface area contributed by atoms with Gasteiger partial charge in [-0.05, 0) is 37.1 Å². The molecule has 6 rings (SSSR count). The Bertz CT molecular complexity index is 1290. The van der Waals surface area contributed by atoms with Crippen molar-refractivity contribution in [2.24, 2.45) is 15.7 Å². The van der Waals surface area contributed by atoms with Gasteiger partial charge in [-0.2, -0.15) is 0 Å². The number of aliphatic imine (C=N–C) groups is 2. The van der Waals surface area contributed by atoms with Gasteiger partial charge in [0.1, 0.15) is 17.3 Å². The highest BCUT2D eigenvalue weighted by Crippen LogP contribution is 2.43. The summed E-state index contributed by atoms with van der Waals surface area (Å²) < 4.78 is 17.3. The van der Waals surface area contributed by atoms with E-state index in [4.69, 9.17) is 29.9 Å². The molecule has 4 aliphatic heterocycles. The van der Waals surface area contributed by atoms with Crippen molar-refractivity contribution in [3.05, 3.63) is 41.6 Å². The molecule has 0 radical (unpaired) electrons. The molecular weight excluding hydrogens is 512 g/mol. The molecule has 1 amide bonds. The molecule has 4 aliphatic rings. The summed E-state index contributed by atoms with van der Waals surface area (Å²) in [5.74, 6) is 2.85. The first kappa shape index (κ1) is 26.5. The second-order valence-corrected chi connectivity index (χ2v) is 10.3. The molecule has 1 aromatic heterocycles. The summed E-state index contributed by atoms with van der Waals surface area (Å²) in [5, 5.41) is 2.97. The van der Waals surface area contributed by atoms with Gasteiger partial charge in [-0.1, -0.05) is 0 Å². The van der Waals surface area contributed by atoms with Gasteiger partial charge in [-0.15, -0.1) is 0 Å². The molecule has 1 aromatic carbocycles. The Morgan fingerprint density at radius 3 is 2.80 bits per heavy atom. The number of ether oxygens (including phenoxy) is 3. The number of amides is 1. The number of anilines is 1. The van der Waals surface area contributed by atoms with Gasteiger partial charge >= 0.3 is 0 Å². The third-order valence-corrected chi connectivity index (χ3v) is 7.62.